The highest BCUT2D eigenvalue weighted by Crippen LogP contribution is 2.34. The smallest absolute Gasteiger partial charge is 0.241 e. The molecule has 0 unspecified atom stereocenters. The SMILES string of the molecule is Nc1c(O)cccc1Oc1ncncc1Cl. The molecule has 2 rings (SSSR count). The van der Waals surface area contributed by atoms with Crippen LogP contribution in [0.2, 0.25) is 5.02 Å². The van der Waals surface area contributed by atoms with Crippen LogP contribution in [-0.4, -0.2) is 15.1 Å². The minimum absolute atomic E-state index is 0.0531. The number of nitrogen functional groups attached to an aromatic ring is 1. The number of aromatic nitrogens is 2. The molecule has 0 bridgehead atoms. The molecule has 0 saturated carbocycles. The molecule has 0 amide bonds. The molecule has 1 heterocycles. The summed E-state index contributed by atoms with van der Waals surface area (Å²) in [6, 6.07) is 4.67. The van der Waals surface area contributed by atoms with Crippen LogP contribution in [0.5, 0.6) is 17.4 Å². The summed E-state index contributed by atoms with van der Waals surface area (Å²) in [5, 5.41) is 9.65. The lowest BCUT2D eigenvalue weighted by molar-refractivity contribution is 0.449. The van der Waals surface area contributed by atoms with E-state index in [1.165, 1.54) is 18.6 Å². The van der Waals surface area contributed by atoms with Crippen LogP contribution < -0.4 is 10.5 Å². The van der Waals surface area contributed by atoms with Gasteiger partial charge in [0.1, 0.15) is 22.8 Å². The summed E-state index contributed by atoms with van der Waals surface area (Å²) in [4.78, 5) is 7.56. The number of anilines is 1. The molecule has 5 nitrogen and oxygen atoms in total. The molecule has 16 heavy (non-hydrogen) atoms. The van der Waals surface area contributed by atoms with Crippen molar-refractivity contribution in [2.75, 3.05) is 5.73 Å². The highest BCUT2D eigenvalue weighted by atomic mass is 35.5. The van der Waals surface area contributed by atoms with Crippen LogP contribution in [0.4, 0.5) is 5.69 Å². The Labute approximate surface area is 96.5 Å². The Kier molecular flexibility index (Phi) is 2.78. The summed E-state index contributed by atoms with van der Waals surface area (Å²) in [7, 11) is 0. The maximum Gasteiger partial charge on any atom is 0.241 e. The van der Waals surface area contributed by atoms with E-state index in [1.54, 1.807) is 12.1 Å². The number of nitrogens with zero attached hydrogens (tertiary/aromatic N) is 2. The van der Waals surface area contributed by atoms with Crippen molar-refractivity contribution < 1.29 is 9.84 Å². The predicted molar refractivity (Wildman–Crippen MR) is 59.6 cm³/mol. The number of rotatable bonds is 2. The van der Waals surface area contributed by atoms with E-state index in [0.29, 0.717) is 5.75 Å². The molecule has 0 radical (unpaired) electrons. The number of phenolic OH excluding ortho intramolecular Hbond substituents is 1. The second-order valence-corrected chi connectivity index (χ2v) is 3.37. The van der Waals surface area contributed by atoms with Crippen LogP contribution in [0.25, 0.3) is 0 Å². The molecular weight excluding hydrogens is 230 g/mol. The van der Waals surface area contributed by atoms with Gasteiger partial charge in [-0.25, -0.2) is 9.97 Å². The lowest BCUT2D eigenvalue weighted by Gasteiger charge is -2.08. The van der Waals surface area contributed by atoms with Crippen LogP contribution in [0.15, 0.2) is 30.7 Å². The number of ether oxygens (including phenoxy) is 1. The molecule has 82 valence electrons. The molecule has 0 fully saturated rings. The molecule has 3 N–H and O–H groups in total. The lowest BCUT2D eigenvalue weighted by Crippen LogP contribution is -1.94. The Morgan fingerprint density at radius 1 is 1.38 bits per heavy atom. The molecule has 0 saturated heterocycles. The second-order valence-electron chi connectivity index (χ2n) is 2.97. The van der Waals surface area contributed by atoms with Gasteiger partial charge >= 0.3 is 0 Å². The Bertz CT molecular complexity index is 519. The third-order valence-corrected chi connectivity index (χ3v) is 2.14. The monoisotopic (exact) mass is 237 g/mol. The Hall–Kier alpha value is -2.01. The first-order valence-electron chi connectivity index (χ1n) is 4.39. The highest BCUT2D eigenvalue weighted by Gasteiger charge is 2.09. The first-order valence-corrected chi connectivity index (χ1v) is 4.77. The Balaban J connectivity index is 2.35. The van der Waals surface area contributed by atoms with Crippen molar-refractivity contribution in [3.05, 3.63) is 35.7 Å². The van der Waals surface area contributed by atoms with E-state index >= 15 is 0 Å². The minimum atomic E-state index is -0.0531. The summed E-state index contributed by atoms with van der Waals surface area (Å²) < 4.78 is 5.35. The number of para-hydroxylation sites is 1. The van der Waals surface area contributed by atoms with E-state index < -0.39 is 0 Å². The third kappa shape index (κ3) is 1.99. The van der Waals surface area contributed by atoms with E-state index in [2.05, 4.69) is 9.97 Å². The summed E-state index contributed by atoms with van der Waals surface area (Å²) >= 11 is 5.81. The van der Waals surface area contributed by atoms with Crippen molar-refractivity contribution in [3.63, 3.8) is 0 Å². The lowest BCUT2D eigenvalue weighted by atomic mass is 10.3. The second kappa shape index (κ2) is 4.24. The first kappa shape index (κ1) is 10.5. The van der Waals surface area contributed by atoms with E-state index in [-0.39, 0.29) is 22.3 Å². The molecule has 1 aromatic heterocycles. The summed E-state index contributed by atoms with van der Waals surface area (Å²) in [6.45, 7) is 0. The van der Waals surface area contributed by atoms with Gasteiger partial charge in [-0.15, -0.1) is 0 Å². The van der Waals surface area contributed by atoms with Gasteiger partial charge in [0.2, 0.25) is 5.88 Å². The van der Waals surface area contributed by atoms with Crippen molar-refractivity contribution >= 4 is 17.3 Å². The Morgan fingerprint density at radius 2 is 2.19 bits per heavy atom. The van der Waals surface area contributed by atoms with Gasteiger partial charge in [0.25, 0.3) is 0 Å². The van der Waals surface area contributed by atoms with Crippen LogP contribution in [-0.2, 0) is 0 Å². The predicted octanol–water partition coefficient (Wildman–Crippen LogP) is 2.21. The number of halogens is 1. The zero-order chi connectivity index (χ0) is 11.5. The van der Waals surface area contributed by atoms with E-state index in [1.807, 2.05) is 0 Å². The van der Waals surface area contributed by atoms with Crippen LogP contribution >= 0.6 is 11.6 Å². The molecule has 1 aromatic carbocycles. The van der Waals surface area contributed by atoms with Crippen LogP contribution in [0, 0.1) is 0 Å². The average Bonchev–Trinajstić information content (AvgIpc) is 2.28. The fraction of sp³-hybridized carbons (Fsp3) is 0. The van der Waals surface area contributed by atoms with Gasteiger partial charge in [-0.1, -0.05) is 17.7 Å². The number of benzene rings is 1. The van der Waals surface area contributed by atoms with Gasteiger partial charge in [0.05, 0.1) is 6.20 Å². The summed E-state index contributed by atoms with van der Waals surface area (Å²) in [5.74, 6) is 0.428. The molecule has 2 aromatic rings. The van der Waals surface area contributed by atoms with Crippen molar-refractivity contribution in [1.82, 2.24) is 9.97 Å². The summed E-state index contributed by atoms with van der Waals surface area (Å²) in [5.41, 5.74) is 5.76. The van der Waals surface area contributed by atoms with Gasteiger partial charge in [-0.05, 0) is 12.1 Å². The fourth-order valence-electron chi connectivity index (χ4n) is 1.10. The number of hydrogen-bond donors (Lipinski definition) is 2. The normalized spacial score (nSPS) is 10.1. The largest absolute Gasteiger partial charge is 0.506 e. The number of hydrogen-bond acceptors (Lipinski definition) is 5. The minimum Gasteiger partial charge on any atom is -0.506 e. The van der Waals surface area contributed by atoms with Gasteiger partial charge in [0.15, 0.2) is 5.75 Å². The van der Waals surface area contributed by atoms with Gasteiger partial charge in [0, 0.05) is 0 Å². The van der Waals surface area contributed by atoms with E-state index in [9.17, 15) is 5.11 Å². The molecule has 0 aliphatic heterocycles. The van der Waals surface area contributed by atoms with Crippen LogP contribution in [0.3, 0.4) is 0 Å². The van der Waals surface area contributed by atoms with Gasteiger partial charge in [-0.2, -0.15) is 0 Å². The average molecular weight is 238 g/mol. The molecule has 0 aliphatic carbocycles. The molecule has 0 spiro atoms. The number of nitrogens with two attached hydrogens (primary N) is 1. The first-order chi connectivity index (χ1) is 7.68. The molecular formula is C10H8ClN3O2. The maximum absolute atomic E-state index is 9.38. The zero-order valence-corrected chi connectivity index (χ0v) is 8.85. The van der Waals surface area contributed by atoms with E-state index in [4.69, 9.17) is 22.1 Å². The van der Waals surface area contributed by atoms with Crippen molar-refractivity contribution in [2.45, 2.75) is 0 Å². The number of aromatic hydroxyl groups is 1. The molecule has 0 aliphatic rings. The third-order valence-electron chi connectivity index (χ3n) is 1.88. The fourth-order valence-corrected chi connectivity index (χ4v) is 1.25. The maximum atomic E-state index is 9.38. The summed E-state index contributed by atoms with van der Waals surface area (Å²) in [6.07, 6.45) is 2.71. The van der Waals surface area contributed by atoms with E-state index in [0.717, 1.165) is 0 Å². The quantitative estimate of drug-likeness (QED) is 0.618. The Morgan fingerprint density at radius 3 is 2.94 bits per heavy atom. The highest BCUT2D eigenvalue weighted by molar-refractivity contribution is 6.31. The van der Waals surface area contributed by atoms with Crippen LogP contribution in [0.1, 0.15) is 0 Å². The topological polar surface area (TPSA) is 81.3 Å². The van der Waals surface area contributed by atoms with Gasteiger partial charge in [-0.3, -0.25) is 0 Å². The molecule has 0 atom stereocenters. The standard InChI is InChI=1S/C10H8ClN3O2/c11-6-4-13-5-14-10(6)16-8-3-1-2-7(15)9(8)12/h1-5,15H,12H2. The van der Waals surface area contributed by atoms with Crippen molar-refractivity contribution in [2.24, 2.45) is 0 Å². The van der Waals surface area contributed by atoms with Crippen molar-refractivity contribution in [3.8, 4) is 17.4 Å². The molecule has 6 heteroatoms. The van der Waals surface area contributed by atoms with Gasteiger partial charge < -0.3 is 15.6 Å². The van der Waals surface area contributed by atoms with Crippen molar-refractivity contribution in [1.29, 1.82) is 0 Å². The zero-order valence-electron chi connectivity index (χ0n) is 8.09. The number of phenols is 1.